The minimum Gasteiger partial charge on any atom is -0.282 e. The van der Waals surface area contributed by atoms with Crippen molar-refractivity contribution in [2.45, 2.75) is 9.79 Å². The van der Waals surface area contributed by atoms with Gasteiger partial charge >= 0.3 is 0 Å². The molecule has 1 N–H and O–H groups in total. The maximum Gasteiger partial charge on any atom is 0.295 e. The topological polar surface area (TPSA) is 88.5 Å². The van der Waals surface area contributed by atoms with Crippen molar-refractivity contribution in [1.82, 2.24) is 0 Å². The van der Waals surface area contributed by atoms with Crippen molar-refractivity contribution in [3.63, 3.8) is 0 Å². The molecule has 15 heavy (non-hydrogen) atoms. The first-order chi connectivity index (χ1) is 6.77. The highest BCUT2D eigenvalue weighted by molar-refractivity contribution is 7.94. The molecule has 0 spiro atoms. The summed E-state index contributed by atoms with van der Waals surface area (Å²) in [5.74, 6) is 0. The standard InChI is InChI=1S/C8H7O5S2/c1-2-14(9,10)7-3-5-8(6-4-7)15(11,12)13/h2-5H,1H2,(H,11,12,13). The van der Waals surface area contributed by atoms with Crippen LogP contribution in [0.3, 0.4) is 0 Å². The predicted octanol–water partition coefficient (Wildman–Crippen LogP) is 0.651. The van der Waals surface area contributed by atoms with Crippen LogP contribution in [0.5, 0.6) is 0 Å². The van der Waals surface area contributed by atoms with Gasteiger partial charge in [0.2, 0.25) is 0 Å². The molecule has 1 aromatic rings. The zero-order valence-corrected chi connectivity index (χ0v) is 9.05. The van der Waals surface area contributed by atoms with Crippen molar-refractivity contribution in [3.05, 3.63) is 36.3 Å². The van der Waals surface area contributed by atoms with Crippen molar-refractivity contribution in [1.29, 1.82) is 0 Å². The molecule has 81 valence electrons. The first-order valence-corrected chi connectivity index (χ1v) is 6.63. The Morgan fingerprint density at radius 3 is 2.20 bits per heavy atom. The summed E-state index contributed by atoms with van der Waals surface area (Å²) in [5.41, 5.74) is 0. The predicted molar refractivity (Wildman–Crippen MR) is 52.5 cm³/mol. The fourth-order valence-electron chi connectivity index (χ4n) is 0.830. The van der Waals surface area contributed by atoms with Crippen LogP contribution in [0.1, 0.15) is 0 Å². The lowest BCUT2D eigenvalue weighted by Crippen LogP contribution is -2.00. The number of hydrogen-bond acceptors (Lipinski definition) is 4. The molecule has 0 unspecified atom stereocenters. The maximum absolute atomic E-state index is 11.2. The number of sulfone groups is 1. The van der Waals surface area contributed by atoms with Gasteiger partial charge in [0.25, 0.3) is 10.1 Å². The molecule has 0 aliphatic carbocycles. The summed E-state index contributed by atoms with van der Waals surface area (Å²) in [6.07, 6.45) is 0. The number of hydrogen-bond donors (Lipinski definition) is 1. The Balaban J connectivity index is 3.29. The van der Waals surface area contributed by atoms with Crippen LogP contribution in [0.25, 0.3) is 0 Å². The van der Waals surface area contributed by atoms with Crippen LogP contribution in [-0.4, -0.2) is 21.4 Å². The summed E-state index contributed by atoms with van der Waals surface area (Å²) in [7, 11) is -7.95. The van der Waals surface area contributed by atoms with Crippen LogP contribution in [-0.2, 0) is 20.0 Å². The zero-order valence-electron chi connectivity index (χ0n) is 7.41. The van der Waals surface area contributed by atoms with Crippen molar-refractivity contribution < 1.29 is 21.4 Å². The van der Waals surface area contributed by atoms with Crippen molar-refractivity contribution in [2.75, 3.05) is 0 Å². The van der Waals surface area contributed by atoms with E-state index in [4.69, 9.17) is 4.55 Å². The molecule has 1 radical (unpaired) electrons. The van der Waals surface area contributed by atoms with E-state index in [2.05, 4.69) is 12.6 Å². The van der Waals surface area contributed by atoms with Crippen LogP contribution >= 0.6 is 0 Å². The second kappa shape index (κ2) is 3.76. The summed E-state index contributed by atoms with van der Waals surface area (Å²) in [5, 5.41) is 0.739. The zero-order chi connectivity index (χ0) is 11.7. The second-order valence-corrected chi connectivity index (χ2v) is 5.86. The molecule has 0 heterocycles. The maximum atomic E-state index is 11.2. The van der Waals surface area contributed by atoms with Crippen LogP contribution in [0.2, 0.25) is 0 Å². The monoisotopic (exact) mass is 247 g/mol. The van der Waals surface area contributed by atoms with Gasteiger partial charge in [-0.2, -0.15) is 8.42 Å². The average molecular weight is 247 g/mol. The Kier molecular flexibility index (Phi) is 2.98. The number of rotatable bonds is 3. The van der Waals surface area contributed by atoms with Gasteiger partial charge in [-0.25, -0.2) is 8.42 Å². The molecule has 5 nitrogen and oxygen atoms in total. The normalized spacial score (nSPS) is 12.3. The molecule has 0 atom stereocenters. The third-order valence-electron chi connectivity index (χ3n) is 1.58. The first-order valence-electron chi connectivity index (χ1n) is 3.64. The van der Waals surface area contributed by atoms with E-state index in [0.717, 1.165) is 23.6 Å². The quantitative estimate of drug-likeness (QED) is 0.792. The molecule has 1 aromatic carbocycles. The molecule has 0 aliphatic rings. The molecule has 0 aromatic heterocycles. The molecule has 0 saturated heterocycles. The third kappa shape index (κ3) is 2.65. The smallest absolute Gasteiger partial charge is 0.282 e. The van der Waals surface area contributed by atoms with E-state index in [1.807, 2.05) is 0 Å². The Morgan fingerprint density at radius 1 is 1.27 bits per heavy atom. The molecule has 0 saturated carbocycles. The minimum absolute atomic E-state index is 0.134. The van der Waals surface area contributed by atoms with Crippen LogP contribution < -0.4 is 0 Å². The lowest BCUT2D eigenvalue weighted by Gasteiger charge is -1.99. The Bertz CT molecular complexity index is 566. The molecule has 0 aliphatic heterocycles. The van der Waals surface area contributed by atoms with Crippen molar-refractivity contribution >= 4 is 20.0 Å². The Labute approximate surface area is 87.7 Å². The van der Waals surface area contributed by atoms with E-state index < -0.39 is 24.9 Å². The lowest BCUT2D eigenvalue weighted by atomic mass is 10.4. The molecule has 0 fully saturated rings. The van der Waals surface area contributed by atoms with Gasteiger partial charge in [-0.15, -0.1) is 0 Å². The van der Waals surface area contributed by atoms with Gasteiger partial charge in [0.1, 0.15) is 4.90 Å². The van der Waals surface area contributed by atoms with E-state index in [1.54, 1.807) is 0 Å². The third-order valence-corrected chi connectivity index (χ3v) is 3.74. The van der Waals surface area contributed by atoms with Crippen molar-refractivity contribution in [3.8, 4) is 0 Å². The average Bonchev–Trinajstić information content (AvgIpc) is 2.17. The summed E-state index contributed by atoms with van der Waals surface area (Å²) < 4.78 is 52.3. The molecule has 0 bridgehead atoms. The highest BCUT2D eigenvalue weighted by Gasteiger charge is 2.13. The number of benzene rings is 1. The summed E-state index contributed by atoms with van der Waals surface area (Å²) in [6, 6.07) is 5.11. The van der Waals surface area contributed by atoms with Gasteiger partial charge in [-0.1, -0.05) is 6.58 Å². The van der Waals surface area contributed by atoms with E-state index in [1.165, 1.54) is 0 Å². The molecule has 0 amide bonds. The van der Waals surface area contributed by atoms with Gasteiger partial charge in [-0.05, 0) is 18.2 Å². The Morgan fingerprint density at radius 2 is 1.87 bits per heavy atom. The van der Waals surface area contributed by atoms with Crippen LogP contribution in [0, 0.1) is 6.07 Å². The highest BCUT2D eigenvalue weighted by atomic mass is 32.2. The summed E-state index contributed by atoms with van der Waals surface area (Å²) in [6.45, 7) is 3.11. The van der Waals surface area contributed by atoms with E-state index >= 15 is 0 Å². The fraction of sp³-hybridized carbons (Fsp3) is 0. The second-order valence-electron chi connectivity index (χ2n) is 2.58. The van der Waals surface area contributed by atoms with Crippen molar-refractivity contribution in [2.24, 2.45) is 0 Å². The van der Waals surface area contributed by atoms with Crippen LogP contribution in [0.15, 0.2) is 40.0 Å². The largest absolute Gasteiger partial charge is 0.295 e. The summed E-state index contributed by atoms with van der Waals surface area (Å²) >= 11 is 0. The molecular weight excluding hydrogens is 240 g/mol. The van der Waals surface area contributed by atoms with E-state index in [-0.39, 0.29) is 4.90 Å². The highest BCUT2D eigenvalue weighted by Crippen LogP contribution is 2.14. The molecule has 7 heteroatoms. The lowest BCUT2D eigenvalue weighted by molar-refractivity contribution is 0.483. The van der Waals surface area contributed by atoms with Gasteiger partial charge in [0.05, 0.1) is 4.90 Å². The van der Waals surface area contributed by atoms with E-state index in [0.29, 0.717) is 0 Å². The SMILES string of the molecule is C=CS(=O)(=O)c1c[c]c(S(=O)(=O)O)cc1. The van der Waals surface area contributed by atoms with Gasteiger partial charge in [-0.3, -0.25) is 4.55 Å². The minimum atomic E-state index is -4.35. The fourth-order valence-corrected chi connectivity index (χ4v) is 1.95. The van der Waals surface area contributed by atoms with Gasteiger partial charge in [0.15, 0.2) is 9.84 Å². The first kappa shape index (κ1) is 11.9. The van der Waals surface area contributed by atoms with Gasteiger partial charge < -0.3 is 0 Å². The summed E-state index contributed by atoms with van der Waals surface area (Å²) in [4.78, 5) is -0.615. The van der Waals surface area contributed by atoms with Crippen LogP contribution in [0.4, 0.5) is 0 Å². The van der Waals surface area contributed by atoms with E-state index in [9.17, 15) is 16.8 Å². The van der Waals surface area contributed by atoms with Gasteiger partial charge in [0, 0.05) is 11.5 Å². The Hall–Kier alpha value is -1.18. The molecular formula is C8H7O5S2. The molecule has 1 rings (SSSR count).